The number of amides is 1. The van der Waals surface area contributed by atoms with Crippen molar-refractivity contribution < 1.29 is 19.4 Å². The largest absolute Gasteiger partial charge is 0.507 e. The molecule has 1 amide bonds. The maximum absolute atomic E-state index is 12.7. The third-order valence-electron chi connectivity index (χ3n) is 5.10. The van der Waals surface area contributed by atoms with E-state index in [4.69, 9.17) is 0 Å². The number of aromatic nitrogens is 4. The summed E-state index contributed by atoms with van der Waals surface area (Å²) in [4.78, 5) is 32.3. The lowest BCUT2D eigenvalue weighted by atomic mass is 10.1. The summed E-state index contributed by atoms with van der Waals surface area (Å²) in [6.45, 7) is 0. The van der Waals surface area contributed by atoms with Crippen LogP contribution in [0, 0.1) is 0 Å². The highest BCUT2D eigenvalue weighted by molar-refractivity contribution is 6.07. The van der Waals surface area contributed by atoms with Crippen LogP contribution in [0.15, 0.2) is 60.7 Å². The summed E-state index contributed by atoms with van der Waals surface area (Å²) in [6.07, 6.45) is 0. The molecule has 5 aromatic rings. The van der Waals surface area contributed by atoms with E-state index in [-0.39, 0.29) is 17.2 Å². The van der Waals surface area contributed by atoms with Crippen LogP contribution in [0.4, 0.5) is 5.69 Å². The molecule has 0 fully saturated rings. The van der Waals surface area contributed by atoms with Gasteiger partial charge in [-0.1, -0.05) is 12.1 Å². The number of aromatic hydroxyl groups is 1. The second-order valence-corrected chi connectivity index (χ2v) is 7.11. The molecule has 0 aliphatic carbocycles. The maximum atomic E-state index is 12.7. The number of para-hydroxylation sites is 2. The number of aromatic amines is 2. The number of carbonyl (C=O) groups excluding carboxylic acids is 2. The van der Waals surface area contributed by atoms with Gasteiger partial charge in [-0.15, -0.1) is 0 Å². The van der Waals surface area contributed by atoms with Crippen LogP contribution in [0.25, 0.3) is 33.5 Å². The third-order valence-corrected chi connectivity index (χ3v) is 5.10. The molecule has 9 heteroatoms. The summed E-state index contributed by atoms with van der Waals surface area (Å²) >= 11 is 0. The fourth-order valence-corrected chi connectivity index (χ4v) is 3.50. The number of esters is 1. The predicted octanol–water partition coefficient (Wildman–Crippen LogP) is 3.85. The van der Waals surface area contributed by atoms with Crippen molar-refractivity contribution in [3.8, 4) is 17.3 Å². The molecule has 0 atom stereocenters. The predicted molar refractivity (Wildman–Crippen MR) is 119 cm³/mol. The number of rotatable bonds is 4. The highest BCUT2D eigenvalue weighted by Crippen LogP contribution is 2.27. The number of methoxy groups -OCH3 is 1. The first-order valence-electron chi connectivity index (χ1n) is 9.69. The molecule has 4 N–H and O–H groups in total. The lowest BCUT2D eigenvalue weighted by Gasteiger charge is -2.08. The zero-order chi connectivity index (χ0) is 22.2. The van der Waals surface area contributed by atoms with E-state index in [2.05, 4.69) is 30.2 Å². The summed E-state index contributed by atoms with van der Waals surface area (Å²) < 4.78 is 4.64. The van der Waals surface area contributed by atoms with Crippen molar-refractivity contribution in [2.45, 2.75) is 0 Å². The van der Waals surface area contributed by atoms with E-state index in [1.807, 2.05) is 24.3 Å². The minimum atomic E-state index is -0.699. The monoisotopic (exact) mass is 427 g/mol. The standard InChI is InChI=1S/C23H17N5O4/c1-32-23(31)15-11-13(7-9-19(15)29)24-22(30)12-6-8-14-18(10-12)27-28-20(14)21-25-16-4-2-3-5-17(16)26-21/h2-11,29H,1H3,(H,24,30)(H,25,26)(H,27,28). The number of ether oxygens (including phenoxy) is 1. The lowest BCUT2D eigenvalue weighted by molar-refractivity contribution is 0.0597. The molecule has 0 unspecified atom stereocenters. The Morgan fingerprint density at radius 2 is 1.88 bits per heavy atom. The first-order valence-corrected chi connectivity index (χ1v) is 9.69. The number of phenolic OH excluding ortho intramolecular Hbond substituents is 1. The van der Waals surface area contributed by atoms with Crippen molar-refractivity contribution in [2.75, 3.05) is 12.4 Å². The van der Waals surface area contributed by atoms with Crippen LogP contribution in [0.5, 0.6) is 5.75 Å². The number of fused-ring (bicyclic) bond motifs is 2. The van der Waals surface area contributed by atoms with E-state index in [1.54, 1.807) is 18.2 Å². The number of hydrogen-bond donors (Lipinski definition) is 4. The molecule has 0 saturated carbocycles. The molecule has 0 bridgehead atoms. The molecule has 5 rings (SSSR count). The molecular weight excluding hydrogens is 410 g/mol. The summed E-state index contributed by atoms with van der Waals surface area (Å²) in [5.74, 6) is -0.676. The second-order valence-electron chi connectivity index (χ2n) is 7.11. The molecule has 0 radical (unpaired) electrons. The maximum Gasteiger partial charge on any atom is 0.341 e. The molecule has 0 aliphatic rings. The Bertz CT molecular complexity index is 1470. The van der Waals surface area contributed by atoms with Crippen LogP contribution in [-0.2, 0) is 4.74 Å². The van der Waals surface area contributed by atoms with Crippen molar-refractivity contribution in [2.24, 2.45) is 0 Å². The molecule has 0 saturated heterocycles. The average Bonchev–Trinajstić information content (AvgIpc) is 3.43. The smallest absolute Gasteiger partial charge is 0.341 e. The van der Waals surface area contributed by atoms with Crippen LogP contribution < -0.4 is 5.32 Å². The Balaban J connectivity index is 1.43. The number of nitrogens with zero attached hydrogens (tertiary/aromatic N) is 2. The van der Waals surface area contributed by atoms with E-state index in [0.29, 0.717) is 28.3 Å². The van der Waals surface area contributed by atoms with Gasteiger partial charge in [0.25, 0.3) is 5.91 Å². The van der Waals surface area contributed by atoms with Gasteiger partial charge < -0.3 is 20.1 Å². The quantitative estimate of drug-likeness (QED) is 0.254. The van der Waals surface area contributed by atoms with Gasteiger partial charge in [-0.25, -0.2) is 9.78 Å². The number of anilines is 1. The lowest BCUT2D eigenvalue weighted by Crippen LogP contribution is -2.12. The van der Waals surface area contributed by atoms with E-state index >= 15 is 0 Å². The number of carbonyl (C=O) groups is 2. The zero-order valence-corrected chi connectivity index (χ0v) is 16.8. The molecule has 32 heavy (non-hydrogen) atoms. The fraction of sp³-hybridized carbons (Fsp3) is 0.0435. The Hall–Kier alpha value is -4.66. The van der Waals surface area contributed by atoms with Gasteiger partial charge in [0.1, 0.15) is 17.0 Å². The molecule has 2 heterocycles. The van der Waals surface area contributed by atoms with Crippen LogP contribution in [0.2, 0.25) is 0 Å². The van der Waals surface area contributed by atoms with E-state index < -0.39 is 5.97 Å². The van der Waals surface area contributed by atoms with Gasteiger partial charge in [0, 0.05) is 16.6 Å². The number of benzene rings is 3. The van der Waals surface area contributed by atoms with Gasteiger partial charge in [0.05, 0.1) is 23.7 Å². The summed E-state index contributed by atoms with van der Waals surface area (Å²) in [5, 5.41) is 20.7. The minimum absolute atomic E-state index is 0.0372. The van der Waals surface area contributed by atoms with E-state index in [1.165, 1.54) is 25.3 Å². The van der Waals surface area contributed by atoms with Crippen LogP contribution in [-0.4, -0.2) is 44.3 Å². The third kappa shape index (κ3) is 3.31. The Morgan fingerprint density at radius 3 is 2.69 bits per heavy atom. The Morgan fingerprint density at radius 1 is 1.03 bits per heavy atom. The fourth-order valence-electron chi connectivity index (χ4n) is 3.50. The van der Waals surface area contributed by atoms with E-state index in [9.17, 15) is 14.7 Å². The van der Waals surface area contributed by atoms with Crippen LogP contribution in [0.1, 0.15) is 20.7 Å². The van der Waals surface area contributed by atoms with Crippen molar-refractivity contribution in [1.82, 2.24) is 20.2 Å². The molecule has 158 valence electrons. The molecule has 0 aliphatic heterocycles. The first kappa shape index (κ1) is 19.3. The number of phenols is 1. The topological polar surface area (TPSA) is 133 Å². The number of imidazole rings is 1. The molecule has 0 spiro atoms. The molecule has 3 aromatic carbocycles. The highest BCUT2D eigenvalue weighted by atomic mass is 16.5. The minimum Gasteiger partial charge on any atom is -0.507 e. The number of H-pyrrole nitrogens is 2. The number of hydrogen-bond acceptors (Lipinski definition) is 6. The van der Waals surface area contributed by atoms with Gasteiger partial charge in [0.2, 0.25) is 0 Å². The highest BCUT2D eigenvalue weighted by Gasteiger charge is 2.16. The van der Waals surface area contributed by atoms with Crippen molar-refractivity contribution in [3.63, 3.8) is 0 Å². The second kappa shape index (κ2) is 7.55. The Labute approximate surface area is 181 Å². The average molecular weight is 427 g/mol. The first-order chi connectivity index (χ1) is 15.5. The van der Waals surface area contributed by atoms with Gasteiger partial charge in [0.15, 0.2) is 5.82 Å². The summed E-state index contributed by atoms with van der Waals surface area (Å²) in [7, 11) is 1.21. The number of nitrogens with one attached hydrogen (secondary N) is 3. The van der Waals surface area contributed by atoms with Crippen molar-refractivity contribution >= 4 is 39.5 Å². The summed E-state index contributed by atoms with van der Waals surface area (Å²) in [5.41, 5.74) is 3.79. The zero-order valence-electron chi connectivity index (χ0n) is 16.8. The van der Waals surface area contributed by atoms with Crippen molar-refractivity contribution in [3.05, 3.63) is 71.8 Å². The van der Waals surface area contributed by atoms with Gasteiger partial charge in [-0.05, 0) is 48.5 Å². The molecular formula is C23H17N5O4. The normalized spacial score (nSPS) is 11.0. The summed E-state index contributed by atoms with van der Waals surface area (Å²) in [6, 6.07) is 17.0. The Kier molecular flexibility index (Phi) is 4.55. The van der Waals surface area contributed by atoms with Crippen LogP contribution in [0.3, 0.4) is 0 Å². The van der Waals surface area contributed by atoms with E-state index in [0.717, 1.165) is 16.4 Å². The molecule has 2 aromatic heterocycles. The SMILES string of the molecule is COC(=O)c1cc(NC(=O)c2ccc3c(-c4nc5ccccc5[nH]4)n[nH]c3c2)ccc1O. The van der Waals surface area contributed by atoms with Gasteiger partial charge in [-0.2, -0.15) is 5.10 Å². The molecule has 9 nitrogen and oxygen atoms in total. The van der Waals surface area contributed by atoms with Crippen LogP contribution >= 0.6 is 0 Å². The van der Waals surface area contributed by atoms with Gasteiger partial charge >= 0.3 is 5.97 Å². The van der Waals surface area contributed by atoms with Gasteiger partial charge in [-0.3, -0.25) is 9.89 Å². The van der Waals surface area contributed by atoms with Crippen molar-refractivity contribution in [1.29, 1.82) is 0 Å².